The average molecular weight is 286 g/mol. The summed E-state index contributed by atoms with van der Waals surface area (Å²) in [6.45, 7) is 0.664. The highest BCUT2D eigenvalue weighted by molar-refractivity contribution is 5.92. The zero-order chi connectivity index (χ0) is 15.1. The molecule has 0 radical (unpaired) electrons. The number of ether oxygens (including phenoxy) is 2. The monoisotopic (exact) mass is 286 g/mol. The number of hydrogen-bond acceptors (Lipinski definition) is 5. The molecule has 0 saturated carbocycles. The molecule has 1 N–H and O–H groups in total. The number of pyridine rings is 1. The second-order valence-corrected chi connectivity index (χ2v) is 4.12. The number of amides is 1. The summed E-state index contributed by atoms with van der Waals surface area (Å²) in [6.07, 6.45) is 1.40. The Labute approximate surface area is 121 Å². The summed E-state index contributed by atoms with van der Waals surface area (Å²) in [4.78, 5) is 26.2. The lowest BCUT2D eigenvalue weighted by molar-refractivity contribution is -0.120. The first kappa shape index (κ1) is 14.5. The van der Waals surface area contributed by atoms with Crippen LogP contribution in [0, 0.1) is 0 Å². The van der Waals surface area contributed by atoms with Crippen molar-refractivity contribution in [2.24, 2.45) is 0 Å². The molecule has 1 aromatic heterocycles. The van der Waals surface area contributed by atoms with Gasteiger partial charge in [0.05, 0.1) is 7.11 Å². The molecule has 0 spiro atoms. The Balaban J connectivity index is 1.97. The summed E-state index contributed by atoms with van der Waals surface area (Å²) in [5.41, 5.74) is 1.12. The lowest BCUT2D eigenvalue weighted by Gasteiger charge is -2.06. The fourth-order valence-corrected chi connectivity index (χ4v) is 1.68. The van der Waals surface area contributed by atoms with E-state index in [1.54, 1.807) is 7.11 Å². The van der Waals surface area contributed by atoms with E-state index in [1.165, 1.54) is 18.3 Å². The van der Waals surface area contributed by atoms with Gasteiger partial charge in [-0.2, -0.15) is 0 Å². The molecule has 6 heteroatoms. The highest BCUT2D eigenvalue weighted by atomic mass is 16.5. The van der Waals surface area contributed by atoms with Gasteiger partial charge in [0.15, 0.2) is 0 Å². The van der Waals surface area contributed by atoms with Gasteiger partial charge in [-0.1, -0.05) is 12.1 Å². The number of nitrogens with zero attached hydrogens (tertiary/aromatic N) is 1. The van der Waals surface area contributed by atoms with Crippen molar-refractivity contribution in [2.75, 3.05) is 7.11 Å². The molecule has 6 nitrogen and oxygen atoms in total. The van der Waals surface area contributed by atoms with Gasteiger partial charge in [-0.05, 0) is 23.8 Å². The highest BCUT2D eigenvalue weighted by Gasteiger charge is 2.08. The van der Waals surface area contributed by atoms with Gasteiger partial charge >= 0.3 is 0 Å². The first-order chi connectivity index (χ1) is 10.2. The minimum absolute atomic E-state index is 0.183. The van der Waals surface area contributed by atoms with Crippen LogP contribution in [0.25, 0.3) is 0 Å². The Kier molecular flexibility index (Phi) is 4.87. The zero-order valence-electron chi connectivity index (χ0n) is 11.4. The minimum atomic E-state index is -0.345. The highest BCUT2D eigenvalue weighted by Crippen LogP contribution is 2.12. The molecule has 0 unspecified atom stereocenters. The summed E-state index contributed by atoms with van der Waals surface area (Å²) >= 11 is 0. The predicted molar refractivity (Wildman–Crippen MR) is 75.1 cm³/mol. The molecule has 0 aliphatic heterocycles. The summed E-state index contributed by atoms with van der Waals surface area (Å²) < 4.78 is 9.73. The van der Waals surface area contributed by atoms with Gasteiger partial charge in [0.1, 0.15) is 17.2 Å². The predicted octanol–water partition coefficient (Wildman–Crippen LogP) is 1.56. The fraction of sp³-hybridized carbons (Fsp3) is 0.133. The Morgan fingerprint density at radius 3 is 2.67 bits per heavy atom. The number of carbonyl (C=O) groups excluding carboxylic acids is 2. The minimum Gasteiger partial charge on any atom is -0.497 e. The van der Waals surface area contributed by atoms with Crippen molar-refractivity contribution in [1.82, 2.24) is 10.3 Å². The molecule has 0 saturated heterocycles. The average Bonchev–Trinajstić information content (AvgIpc) is 2.53. The van der Waals surface area contributed by atoms with Crippen molar-refractivity contribution in [2.45, 2.75) is 6.54 Å². The van der Waals surface area contributed by atoms with Crippen LogP contribution in [0.3, 0.4) is 0 Å². The SMILES string of the molecule is COc1ccc(CNC(=O)c2cc(OC=O)ccn2)cc1. The van der Waals surface area contributed by atoms with Gasteiger partial charge in [0.25, 0.3) is 12.4 Å². The van der Waals surface area contributed by atoms with Crippen LogP contribution in [0.1, 0.15) is 16.1 Å². The third-order valence-electron chi connectivity index (χ3n) is 2.76. The Bertz CT molecular complexity index is 626. The van der Waals surface area contributed by atoms with Crippen molar-refractivity contribution >= 4 is 12.4 Å². The van der Waals surface area contributed by atoms with E-state index in [-0.39, 0.29) is 17.4 Å². The van der Waals surface area contributed by atoms with E-state index in [0.29, 0.717) is 13.0 Å². The van der Waals surface area contributed by atoms with E-state index >= 15 is 0 Å². The first-order valence-corrected chi connectivity index (χ1v) is 6.20. The van der Waals surface area contributed by atoms with Crippen LogP contribution in [0.4, 0.5) is 0 Å². The number of carbonyl (C=O) groups is 2. The molecule has 0 aliphatic carbocycles. The van der Waals surface area contributed by atoms with Crippen LogP contribution >= 0.6 is 0 Å². The van der Waals surface area contributed by atoms with Crippen molar-refractivity contribution in [3.8, 4) is 11.5 Å². The molecule has 0 fully saturated rings. The maximum absolute atomic E-state index is 12.0. The molecule has 108 valence electrons. The number of benzene rings is 1. The zero-order valence-corrected chi connectivity index (χ0v) is 11.4. The standard InChI is InChI=1S/C15H14N2O4/c1-20-12-4-2-11(3-5-12)9-17-15(19)14-8-13(21-10-18)6-7-16-14/h2-8,10H,9H2,1H3,(H,17,19). The number of methoxy groups -OCH3 is 1. The van der Waals surface area contributed by atoms with E-state index in [2.05, 4.69) is 15.0 Å². The second-order valence-electron chi connectivity index (χ2n) is 4.12. The molecule has 0 atom stereocenters. The molecule has 1 amide bonds. The molecule has 21 heavy (non-hydrogen) atoms. The van der Waals surface area contributed by atoms with E-state index in [4.69, 9.17) is 4.74 Å². The Morgan fingerprint density at radius 1 is 1.24 bits per heavy atom. The van der Waals surface area contributed by atoms with Crippen molar-refractivity contribution in [1.29, 1.82) is 0 Å². The molecular weight excluding hydrogens is 272 g/mol. The van der Waals surface area contributed by atoms with Crippen molar-refractivity contribution in [3.63, 3.8) is 0 Å². The number of aromatic nitrogens is 1. The number of hydrogen-bond donors (Lipinski definition) is 1. The second kappa shape index (κ2) is 7.04. The summed E-state index contributed by atoms with van der Waals surface area (Å²) in [5, 5.41) is 2.74. The van der Waals surface area contributed by atoms with Gasteiger partial charge in [-0.25, -0.2) is 0 Å². The van der Waals surface area contributed by atoms with E-state index in [1.807, 2.05) is 24.3 Å². The van der Waals surface area contributed by atoms with E-state index in [9.17, 15) is 9.59 Å². The topological polar surface area (TPSA) is 77.5 Å². The van der Waals surface area contributed by atoms with Gasteiger partial charge in [0, 0.05) is 18.8 Å². The van der Waals surface area contributed by atoms with E-state index in [0.717, 1.165) is 11.3 Å². The van der Waals surface area contributed by atoms with Gasteiger partial charge in [-0.15, -0.1) is 0 Å². The summed E-state index contributed by atoms with van der Waals surface area (Å²) in [7, 11) is 1.59. The third kappa shape index (κ3) is 4.04. The fourth-order valence-electron chi connectivity index (χ4n) is 1.68. The van der Waals surface area contributed by atoms with Crippen LogP contribution < -0.4 is 14.8 Å². The molecular formula is C15H14N2O4. The maximum Gasteiger partial charge on any atom is 0.298 e. The largest absolute Gasteiger partial charge is 0.497 e. The molecule has 2 aromatic rings. The Morgan fingerprint density at radius 2 is 2.00 bits per heavy atom. The van der Waals surface area contributed by atoms with Gasteiger partial charge < -0.3 is 14.8 Å². The summed E-state index contributed by atoms with van der Waals surface area (Å²) in [5.74, 6) is 0.683. The Hall–Kier alpha value is -2.89. The van der Waals surface area contributed by atoms with Crippen LogP contribution in [-0.2, 0) is 11.3 Å². The molecule has 0 aliphatic rings. The van der Waals surface area contributed by atoms with Crippen LogP contribution in [0.5, 0.6) is 11.5 Å². The maximum atomic E-state index is 12.0. The number of rotatable bonds is 6. The lowest BCUT2D eigenvalue weighted by Crippen LogP contribution is -2.23. The van der Waals surface area contributed by atoms with Crippen molar-refractivity contribution < 1.29 is 19.1 Å². The van der Waals surface area contributed by atoms with E-state index < -0.39 is 0 Å². The normalized spacial score (nSPS) is 9.76. The molecule has 2 rings (SSSR count). The number of nitrogens with one attached hydrogen (secondary N) is 1. The van der Waals surface area contributed by atoms with Crippen LogP contribution in [0.2, 0.25) is 0 Å². The smallest absolute Gasteiger partial charge is 0.298 e. The molecule has 1 heterocycles. The van der Waals surface area contributed by atoms with Gasteiger partial charge in [0.2, 0.25) is 0 Å². The first-order valence-electron chi connectivity index (χ1n) is 6.20. The lowest BCUT2D eigenvalue weighted by atomic mass is 10.2. The van der Waals surface area contributed by atoms with Crippen LogP contribution in [0.15, 0.2) is 42.6 Å². The van der Waals surface area contributed by atoms with Crippen LogP contribution in [-0.4, -0.2) is 24.5 Å². The quantitative estimate of drug-likeness (QED) is 0.815. The summed E-state index contributed by atoms with van der Waals surface area (Å²) in [6, 6.07) is 10.2. The van der Waals surface area contributed by atoms with Crippen molar-refractivity contribution in [3.05, 3.63) is 53.9 Å². The molecule has 0 bridgehead atoms. The molecule has 1 aromatic carbocycles. The third-order valence-corrected chi connectivity index (χ3v) is 2.76. The van der Waals surface area contributed by atoms with Gasteiger partial charge in [-0.3, -0.25) is 14.6 Å².